The Labute approximate surface area is 201 Å². The van der Waals surface area contributed by atoms with E-state index in [-0.39, 0.29) is 23.6 Å². The predicted molar refractivity (Wildman–Crippen MR) is 132 cm³/mol. The van der Waals surface area contributed by atoms with Gasteiger partial charge in [0, 0.05) is 10.9 Å². The van der Waals surface area contributed by atoms with Crippen molar-refractivity contribution in [3.8, 4) is 22.6 Å². The quantitative estimate of drug-likeness (QED) is 0.291. The molecule has 0 fully saturated rings. The number of phenols is 1. The van der Waals surface area contributed by atoms with E-state index in [1.54, 1.807) is 12.1 Å². The van der Waals surface area contributed by atoms with Gasteiger partial charge in [-0.1, -0.05) is 29.8 Å². The maximum atomic E-state index is 13.1. The van der Waals surface area contributed by atoms with Gasteiger partial charge in [0.1, 0.15) is 11.4 Å². The van der Waals surface area contributed by atoms with E-state index in [1.807, 2.05) is 36.6 Å². The molecule has 2 aromatic carbocycles. The van der Waals surface area contributed by atoms with E-state index in [0.717, 1.165) is 16.7 Å². The van der Waals surface area contributed by atoms with Gasteiger partial charge in [-0.3, -0.25) is 14.2 Å². The third-order valence-electron chi connectivity index (χ3n) is 4.91. The molecule has 1 amide bonds. The maximum Gasteiger partial charge on any atom is 0.263 e. The maximum absolute atomic E-state index is 13.1. The zero-order chi connectivity index (χ0) is 23.5. The summed E-state index contributed by atoms with van der Waals surface area (Å²) in [5, 5.41) is 16.2. The second-order valence-corrected chi connectivity index (χ2v) is 8.93. The van der Waals surface area contributed by atoms with Gasteiger partial charge >= 0.3 is 0 Å². The van der Waals surface area contributed by atoms with E-state index in [1.165, 1.54) is 35.6 Å². The van der Waals surface area contributed by atoms with Crippen molar-refractivity contribution in [3.05, 3.63) is 74.1 Å². The van der Waals surface area contributed by atoms with Gasteiger partial charge in [0.05, 0.1) is 29.5 Å². The van der Waals surface area contributed by atoms with Crippen LogP contribution in [0.4, 0.5) is 0 Å². The Morgan fingerprint density at radius 3 is 2.82 bits per heavy atom. The van der Waals surface area contributed by atoms with Crippen LogP contribution in [-0.4, -0.2) is 33.9 Å². The molecule has 2 aromatic heterocycles. The van der Waals surface area contributed by atoms with E-state index in [2.05, 4.69) is 31.4 Å². The molecule has 2 heterocycles. The van der Waals surface area contributed by atoms with E-state index >= 15 is 0 Å². The summed E-state index contributed by atoms with van der Waals surface area (Å²) in [5.41, 5.74) is 5.56. The number of aryl methyl sites for hydroxylation is 1. The van der Waals surface area contributed by atoms with Crippen molar-refractivity contribution >= 4 is 49.6 Å². The standard InChI is InChI=1S/C23H19BrN4O4S/c1-13-3-5-15(6-4-13)16-11-33-22-20(16)23(31)28(12-25-22)10-19(29)27-26-9-14-7-17(24)21(30)18(8-14)32-2/h3-9,11-12,30H,10H2,1-2H3,(H,27,29). The van der Waals surface area contributed by atoms with Gasteiger partial charge < -0.3 is 9.84 Å². The number of rotatable bonds is 6. The van der Waals surface area contributed by atoms with Crippen LogP contribution >= 0.6 is 27.3 Å². The van der Waals surface area contributed by atoms with Gasteiger partial charge in [-0.05, 0) is 46.1 Å². The first-order valence-corrected chi connectivity index (χ1v) is 11.5. The highest BCUT2D eigenvalue weighted by molar-refractivity contribution is 9.10. The largest absolute Gasteiger partial charge is 0.503 e. The summed E-state index contributed by atoms with van der Waals surface area (Å²) in [7, 11) is 1.44. The molecule has 33 heavy (non-hydrogen) atoms. The molecule has 0 bridgehead atoms. The number of nitrogens with zero attached hydrogens (tertiary/aromatic N) is 3. The molecule has 10 heteroatoms. The van der Waals surface area contributed by atoms with Crippen molar-refractivity contribution in [1.82, 2.24) is 15.0 Å². The molecule has 0 atom stereocenters. The summed E-state index contributed by atoms with van der Waals surface area (Å²) < 4.78 is 6.78. The molecule has 168 valence electrons. The highest BCUT2D eigenvalue weighted by atomic mass is 79.9. The predicted octanol–water partition coefficient (Wildman–Crippen LogP) is 4.06. The van der Waals surface area contributed by atoms with Crippen molar-refractivity contribution < 1.29 is 14.6 Å². The van der Waals surface area contributed by atoms with Crippen molar-refractivity contribution in [3.63, 3.8) is 0 Å². The summed E-state index contributed by atoms with van der Waals surface area (Å²) in [5.74, 6) is -0.242. The molecule has 4 rings (SSSR count). The summed E-state index contributed by atoms with van der Waals surface area (Å²) in [4.78, 5) is 30.4. The first-order valence-electron chi connectivity index (χ1n) is 9.79. The molecular formula is C23H19BrN4O4S. The van der Waals surface area contributed by atoms with Crippen LogP contribution < -0.4 is 15.7 Å². The Hall–Kier alpha value is -3.50. The fraction of sp³-hybridized carbons (Fsp3) is 0.130. The van der Waals surface area contributed by atoms with Crippen LogP contribution in [0.3, 0.4) is 0 Å². The van der Waals surface area contributed by atoms with Gasteiger partial charge in [-0.25, -0.2) is 10.4 Å². The minimum Gasteiger partial charge on any atom is -0.503 e. The molecule has 0 unspecified atom stereocenters. The van der Waals surface area contributed by atoms with Crippen molar-refractivity contribution in [2.45, 2.75) is 13.5 Å². The minimum atomic E-state index is -0.480. The number of aromatic nitrogens is 2. The van der Waals surface area contributed by atoms with Gasteiger partial charge in [0.15, 0.2) is 11.5 Å². The third-order valence-corrected chi connectivity index (χ3v) is 6.40. The number of aromatic hydroxyl groups is 1. The smallest absolute Gasteiger partial charge is 0.263 e. The fourth-order valence-electron chi connectivity index (χ4n) is 3.22. The highest BCUT2D eigenvalue weighted by Crippen LogP contribution is 2.34. The van der Waals surface area contributed by atoms with Gasteiger partial charge in [0.2, 0.25) is 0 Å². The second kappa shape index (κ2) is 9.55. The lowest BCUT2D eigenvalue weighted by Gasteiger charge is -2.07. The Morgan fingerprint density at radius 2 is 2.09 bits per heavy atom. The molecule has 8 nitrogen and oxygen atoms in total. The van der Waals surface area contributed by atoms with Crippen molar-refractivity contribution in [1.29, 1.82) is 0 Å². The lowest BCUT2D eigenvalue weighted by atomic mass is 10.1. The first kappa shape index (κ1) is 22.7. The number of fused-ring (bicyclic) bond motifs is 1. The summed E-state index contributed by atoms with van der Waals surface area (Å²) in [6.07, 6.45) is 2.77. The van der Waals surface area contributed by atoms with Crippen LogP contribution in [0.25, 0.3) is 21.3 Å². The van der Waals surface area contributed by atoms with Crippen LogP contribution in [0.5, 0.6) is 11.5 Å². The molecule has 2 N–H and O–H groups in total. The van der Waals surface area contributed by atoms with Crippen LogP contribution in [-0.2, 0) is 11.3 Å². The number of phenolic OH excluding ortho intramolecular Hbond substituents is 1. The van der Waals surface area contributed by atoms with E-state index in [0.29, 0.717) is 20.3 Å². The molecule has 0 aliphatic carbocycles. The number of ether oxygens (including phenoxy) is 1. The normalized spacial score (nSPS) is 11.2. The number of hydrogen-bond donors (Lipinski definition) is 2. The molecule has 0 spiro atoms. The highest BCUT2D eigenvalue weighted by Gasteiger charge is 2.14. The minimum absolute atomic E-state index is 0.0283. The summed E-state index contributed by atoms with van der Waals surface area (Å²) in [6.45, 7) is 1.77. The Morgan fingerprint density at radius 1 is 1.33 bits per heavy atom. The lowest BCUT2D eigenvalue weighted by molar-refractivity contribution is -0.121. The molecular weight excluding hydrogens is 508 g/mol. The van der Waals surface area contributed by atoms with Crippen LogP contribution in [0, 0.1) is 6.92 Å². The fourth-order valence-corrected chi connectivity index (χ4v) is 4.58. The number of benzene rings is 2. The zero-order valence-corrected chi connectivity index (χ0v) is 20.1. The lowest BCUT2D eigenvalue weighted by Crippen LogP contribution is -2.30. The molecule has 0 aliphatic rings. The third kappa shape index (κ3) is 4.81. The average Bonchev–Trinajstić information content (AvgIpc) is 3.23. The Bertz CT molecular complexity index is 1430. The number of thiophene rings is 1. The number of hydrazone groups is 1. The van der Waals surface area contributed by atoms with Crippen molar-refractivity contribution in [2.24, 2.45) is 5.10 Å². The second-order valence-electron chi connectivity index (χ2n) is 7.22. The van der Waals surface area contributed by atoms with Crippen molar-refractivity contribution in [2.75, 3.05) is 7.11 Å². The number of methoxy groups -OCH3 is 1. The summed E-state index contributed by atoms with van der Waals surface area (Å²) >= 11 is 4.62. The van der Waals surface area contributed by atoms with E-state index in [4.69, 9.17) is 4.74 Å². The van der Waals surface area contributed by atoms with Gasteiger partial charge in [0.25, 0.3) is 11.5 Å². The average molecular weight is 527 g/mol. The number of nitrogens with one attached hydrogen (secondary N) is 1. The number of hydrogen-bond acceptors (Lipinski definition) is 7. The molecule has 4 aromatic rings. The number of carbonyl (C=O) groups excluding carboxylic acids is 1. The number of carbonyl (C=O) groups is 1. The SMILES string of the molecule is COc1cc(C=NNC(=O)Cn2cnc3scc(-c4ccc(C)cc4)c3c2=O)cc(Br)c1O. The Kier molecular flexibility index (Phi) is 6.57. The number of amides is 1. The monoisotopic (exact) mass is 526 g/mol. The van der Waals surface area contributed by atoms with Crippen LogP contribution in [0.15, 0.2) is 62.5 Å². The van der Waals surface area contributed by atoms with Crippen LogP contribution in [0.2, 0.25) is 0 Å². The first-order chi connectivity index (χ1) is 15.9. The number of halogens is 1. The van der Waals surface area contributed by atoms with E-state index in [9.17, 15) is 14.7 Å². The van der Waals surface area contributed by atoms with Crippen LogP contribution in [0.1, 0.15) is 11.1 Å². The summed E-state index contributed by atoms with van der Waals surface area (Å²) in [6, 6.07) is 11.1. The van der Waals surface area contributed by atoms with Gasteiger partial charge in [-0.2, -0.15) is 5.10 Å². The molecule has 0 saturated heterocycles. The zero-order valence-electron chi connectivity index (χ0n) is 17.7. The van der Waals surface area contributed by atoms with E-state index < -0.39 is 5.91 Å². The topological polar surface area (TPSA) is 106 Å². The molecule has 0 aliphatic heterocycles. The Balaban J connectivity index is 1.53. The molecule has 0 saturated carbocycles. The molecule has 0 radical (unpaired) electrons. The van der Waals surface area contributed by atoms with Gasteiger partial charge in [-0.15, -0.1) is 11.3 Å².